The SMILES string of the molecule is C=C(CC(C)C)N1CCc2ccc(-c3cc(N4CCN(C)CC4)nc(N)n3)cc2C1. The molecule has 1 saturated heterocycles. The van der Waals surface area contributed by atoms with Gasteiger partial charge in [0, 0.05) is 56.6 Å². The number of nitrogens with two attached hydrogens (primary N) is 1. The van der Waals surface area contributed by atoms with Crippen LogP contribution in [0.2, 0.25) is 0 Å². The molecule has 0 atom stereocenters. The minimum Gasteiger partial charge on any atom is -0.371 e. The minimum absolute atomic E-state index is 0.339. The number of aromatic nitrogens is 2. The Hall–Kier alpha value is -2.60. The second kappa shape index (κ2) is 8.64. The molecule has 0 aliphatic carbocycles. The first-order chi connectivity index (χ1) is 14.4. The quantitative estimate of drug-likeness (QED) is 0.821. The highest BCUT2D eigenvalue weighted by molar-refractivity contribution is 5.66. The predicted octanol–water partition coefficient (Wildman–Crippen LogP) is 3.40. The van der Waals surface area contributed by atoms with Gasteiger partial charge < -0.3 is 20.4 Å². The Bertz CT molecular complexity index is 914. The Morgan fingerprint density at radius 3 is 2.57 bits per heavy atom. The van der Waals surface area contributed by atoms with Crippen LogP contribution in [0.5, 0.6) is 0 Å². The van der Waals surface area contributed by atoms with Gasteiger partial charge in [0.1, 0.15) is 5.82 Å². The number of hydrogen-bond acceptors (Lipinski definition) is 6. The summed E-state index contributed by atoms with van der Waals surface area (Å²) >= 11 is 0. The summed E-state index contributed by atoms with van der Waals surface area (Å²) in [7, 11) is 2.16. The number of nitrogen functional groups attached to an aromatic ring is 1. The normalized spacial score (nSPS) is 17.3. The highest BCUT2D eigenvalue weighted by Gasteiger charge is 2.20. The molecule has 30 heavy (non-hydrogen) atoms. The van der Waals surface area contributed by atoms with Crippen molar-refractivity contribution >= 4 is 11.8 Å². The van der Waals surface area contributed by atoms with Gasteiger partial charge in [0.25, 0.3) is 0 Å². The number of allylic oxidation sites excluding steroid dienone is 1. The van der Waals surface area contributed by atoms with Crippen LogP contribution in [-0.2, 0) is 13.0 Å². The van der Waals surface area contributed by atoms with Crippen molar-refractivity contribution in [2.24, 2.45) is 5.92 Å². The van der Waals surface area contributed by atoms with Crippen LogP contribution >= 0.6 is 0 Å². The molecule has 0 radical (unpaired) electrons. The highest BCUT2D eigenvalue weighted by Crippen LogP contribution is 2.29. The summed E-state index contributed by atoms with van der Waals surface area (Å²) in [5, 5.41) is 0. The van der Waals surface area contributed by atoms with Crippen LogP contribution in [-0.4, -0.2) is 59.5 Å². The topological polar surface area (TPSA) is 61.5 Å². The number of piperazine rings is 1. The molecule has 4 rings (SSSR count). The van der Waals surface area contributed by atoms with Crippen LogP contribution in [0.15, 0.2) is 36.5 Å². The molecule has 0 saturated carbocycles. The Morgan fingerprint density at radius 1 is 1.07 bits per heavy atom. The standard InChI is InChI=1S/C24H34N6/c1-17(2)13-18(3)30-8-7-19-5-6-20(14-21(19)16-30)22-15-23(27-24(25)26-22)29-11-9-28(4)10-12-29/h5-6,14-15,17H,3,7-13,16H2,1-2,4H3,(H2,25,26,27). The van der Waals surface area contributed by atoms with Gasteiger partial charge in [-0.05, 0) is 43.0 Å². The number of rotatable bonds is 5. The molecular formula is C24H34N6. The summed E-state index contributed by atoms with van der Waals surface area (Å²) < 4.78 is 0. The van der Waals surface area contributed by atoms with Gasteiger partial charge in [-0.2, -0.15) is 4.98 Å². The van der Waals surface area contributed by atoms with E-state index in [0.29, 0.717) is 11.9 Å². The molecule has 1 aromatic heterocycles. The molecule has 0 spiro atoms. The van der Waals surface area contributed by atoms with E-state index < -0.39 is 0 Å². The summed E-state index contributed by atoms with van der Waals surface area (Å²) in [5.74, 6) is 1.89. The number of nitrogens with zero attached hydrogens (tertiary/aromatic N) is 5. The molecule has 3 heterocycles. The Balaban J connectivity index is 1.57. The van der Waals surface area contributed by atoms with Crippen LogP contribution < -0.4 is 10.6 Å². The zero-order valence-electron chi connectivity index (χ0n) is 18.6. The van der Waals surface area contributed by atoms with Crippen molar-refractivity contribution in [3.05, 3.63) is 47.7 Å². The largest absolute Gasteiger partial charge is 0.371 e. The van der Waals surface area contributed by atoms with E-state index in [1.54, 1.807) is 0 Å². The van der Waals surface area contributed by atoms with Gasteiger partial charge in [-0.15, -0.1) is 0 Å². The van der Waals surface area contributed by atoms with E-state index in [1.165, 1.54) is 16.8 Å². The maximum Gasteiger partial charge on any atom is 0.222 e. The van der Waals surface area contributed by atoms with Crippen LogP contribution in [0, 0.1) is 5.92 Å². The summed E-state index contributed by atoms with van der Waals surface area (Å²) in [6.07, 6.45) is 2.11. The van der Waals surface area contributed by atoms with E-state index in [9.17, 15) is 0 Å². The molecule has 0 unspecified atom stereocenters. The lowest BCUT2D eigenvalue weighted by Crippen LogP contribution is -2.44. The van der Waals surface area contributed by atoms with Crippen molar-refractivity contribution < 1.29 is 0 Å². The average Bonchev–Trinajstić information content (AvgIpc) is 2.72. The van der Waals surface area contributed by atoms with Crippen molar-refractivity contribution in [2.45, 2.75) is 33.2 Å². The number of anilines is 2. The van der Waals surface area contributed by atoms with E-state index in [2.05, 4.69) is 76.4 Å². The third-order valence-electron chi connectivity index (χ3n) is 6.16. The highest BCUT2D eigenvalue weighted by atomic mass is 15.3. The van der Waals surface area contributed by atoms with Crippen molar-refractivity contribution in [2.75, 3.05) is 50.4 Å². The van der Waals surface area contributed by atoms with Crippen LogP contribution in [0.3, 0.4) is 0 Å². The molecule has 2 aliphatic heterocycles. The molecule has 0 bridgehead atoms. The zero-order valence-corrected chi connectivity index (χ0v) is 18.6. The first-order valence-corrected chi connectivity index (χ1v) is 11.0. The van der Waals surface area contributed by atoms with Gasteiger partial charge in [-0.25, -0.2) is 4.98 Å². The lowest BCUT2D eigenvalue weighted by atomic mass is 9.95. The van der Waals surface area contributed by atoms with E-state index in [-0.39, 0.29) is 0 Å². The molecule has 0 amide bonds. The Kier molecular flexibility index (Phi) is 5.95. The summed E-state index contributed by atoms with van der Waals surface area (Å²) in [5.41, 5.74) is 12.1. The van der Waals surface area contributed by atoms with E-state index in [0.717, 1.165) is 69.2 Å². The van der Waals surface area contributed by atoms with Crippen molar-refractivity contribution in [1.29, 1.82) is 0 Å². The lowest BCUT2D eigenvalue weighted by molar-refractivity contribution is 0.303. The van der Waals surface area contributed by atoms with Gasteiger partial charge in [0.2, 0.25) is 5.95 Å². The summed E-state index contributed by atoms with van der Waals surface area (Å²) in [6, 6.07) is 8.79. The Labute approximate surface area is 180 Å². The smallest absolute Gasteiger partial charge is 0.222 e. The number of hydrogen-bond donors (Lipinski definition) is 1. The molecule has 1 aromatic carbocycles. The van der Waals surface area contributed by atoms with Crippen molar-refractivity contribution in [3.8, 4) is 11.3 Å². The summed E-state index contributed by atoms with van der Waals surface area (Å²) in [4.78, 5) is 16.1. The summed E-state index contributed by atoms with van der Waals surface area (Å²) in [6.45, 7) is 14.8. The predicted molar refractivity (Wildman–Crippen MR) is 124 cm³/mol. The van der Waals surface area contributed by atoms with Gasteiger partial charge in [0.15, 0.2) is 0 Å². The zero-order chi connectivity index (χ0) is 21.3. The fourth-order valence-corrected chi connectivity index (χ4v) is 4.38. The number of benzene rings is 1. The maximum atomic E-state index is 6.10. The van der Waals surface area contributed by atoms with Gasteiger partial charge >= 0.3 is 0 Å². The monoisotopic (exact) mass is 406 g/mol. The van der Waals surface area contributed by atoms with Gasteiger partial charge in [0.05, 0.1) is 5.69 Å². The fraction of sp³-hybridized carbons (Fsp3) is 0.500. The first kappa shape index (κ1) is 20.7. The van der Waals surface area contributed by atoms with Gasteiger partial charge in [-0.1, -0.05) is 32.6 Å². The number of fused-ring (bicyclic) bond motifs is 1. The van der Waals surface area contributed by atoms with E-state index in [4.69, 9.17) is 5.73 Å². The maximum absolute atomic E-state index is 6.10. The average molecular weight is 407 g/mol. The molecule has 2 aromatic rings. The van der Waals surface area contributed by atoms with Crippen LogP contribution in [0.4, 0.5) is 11.8 Å². The van der Waals surface area contributed by atoms with E-state index >= 15 is 0 Å². The molecular weight excluding hydrogens is 372 g/mol. The van der Waals surface area contributed by atoms with Crippen molar-refractivity contribution in [3.63, 3.8) is 0 Å². The second-order valence-electron chi connectivity index (χ2n) is 9.08. The Morgan fingerprint density at radius 2 is 1.83 bits per heavy atom. The molecule has 2 aliphatic rings. The van der Waals surface area contributed by atoms with Crippen LogP contribution in [0.1, 0.15) is 31.4 Å². The van der Waals surface area contributed by atoms with Crippen molar-refractivity contribution in [1.82, 2.24) is 19.8 Å². The molecule has 160 valence electrons. The molecule has 6 heteroatoms. The molecule has 2 N–H and O–H groups in total. The lowest BCUT2D eigenvalue weighted by Gasteiger charge is -2.33. The molecule has 6 nitrogen and oxygen atoms in total. The third-order valence-corrected chi connectivity index (χ3v) is 6.16. The van der Waals surface area contributed by atoms with Crippen LogP contribution in [0.25, 0.3) is 11.3 Å². The van der Waals surface area contributed by atoms with E-state index in [1.807, 2.05) is 0 Å². The van der Waals surface area contributed by atoms with Gasteiger partial charge in [-0.3, -0.25) is 0 Å². The third kappa shape index (κ3) is 4.59. The number of likely N-dealkylation sites (N-methyl/N-ethyl adjacent to an activating group) is 1. The minimum atomic E-state index is 0.339. The first-order valence-electron chi connectivity index (χ1n) is 11.0. The fourth-order valence-electron chi connectivity index (χ4n) is 4.38. The molecule has 1 fully saturated rings. The second-order valence-corrected chi connectivity index (χ2v) is 9.08.